The van der Waals surface area contributed by atoms with Gasteiger partial charge in [-0.3, -0.25) is 43.3 Å². The number of rotatable bonds is 17. The maximum absolute atomic E-state index is 13.1. The van der Waals surface area contributed by atoms with Crippen LogP contribution in [0.4, 0.5) is 5.69 Å². The van der Waals surface area contributed by atoms with Crippen molar-refractivity contribution in [2.24, 2.45) is 5.92 Å². The number of carbonyl (C=O) groups excluding carboxylic acids is 7. The van der Waals surface area contributed by atoms with Gasteiger partial charge >= 0.3 is 11.9 Å². The van der Waals surface area contributed by atoms with Crippen LogP contribution in [-0.4, -0.2) is 82.1 Å². The van der Waals surface area contributed by atoms with Crippen molar-refractivity contribution < 1.29 is 48.2 Å². The van der Waals surface area contributed by atoms with E-state index < -0.39 is 71.9 Å². The fourth-order valence-electron chi connectivity index (χ4n) is 4.15. The average Bonchev–Trinajstić information content (AvgIpc) is 3.28. The minimum atomic E-state index is -1.26. The highest BCUT2D eigenvalue weighted by Gasteiger charge is 2.29. The first kappa shape index (κ1) is 36.1. The molecule has 3 atom stereocenters. The van der Waals surface area contributed by atoms with Crippen molar-refractivity contribution in [1.82, 2.24) is 20.9 Å². The lowest BCUT2D eigenvalue weighted by Crippen LogP contribution is -2.55. The molecule has 1 heterocycles. The summed E-state index contributed by atoms with van der Waals surface area (Å²) in [4.78, 5) is 98.1. The van der Waals surface area contributed by atoms with E-state index in [2.05, 4.69) is 21.3 Å². The number of nitrogens with one attached hydrogen (secondary N) is 4. The Morgan fingerprint density at radius 3 is 2.00 bits per heavy atom. The highest BCUT2D eigenvalue weighted by Crippen LogP contribution is 2.13. The summed E-state index contributed by atoms with van der Waals surface area (Å²) in [5, 5.41) is 19.3. The highest BCUT2D eigenvalue weighted by atomic mass is 16.5. The van der Waals surface area contributed by atoms with Crippen molar-refractivity contribution in [3.05, 3.63) is 42.0 Å². The molecule has 2 rings (SSSR count). The third-order valence-corrected chi connectivity index (χ3v) is 6.52. The molecule has 0 fully saturated rings. The molecule has 5 N–H and O–H groups in total. The Hall–Kier alpha value is -5.08. The van der Waals surface area contributed by atoms with Gasteiger partial charge in [-0.25, -0.2) is 0 Å². The van der Waals surface area contributed by atoms with Crippen LogP contribution in [0.1, 0.15) is 58.9 Å². The first-order valence-electron chi connectivity index (χ1n) is 14.3. The van der Waals surface area contributed by atoms with Gasteiger partial charge in [-0.1, -0.05) is 26.0 Å². The number of carboxylic acid groups (broad SMARTS) is 1. The summed E-state index contributed by atoms with van der Waals surface area (Å²) in [5.41, 5.74) is 1.02. The number of ether oxygens (including phenoxy) is 1. The number of hydrogen-bond donors (Lipinski definition) is 5. The fraction of sp³-hybridized carbons (Fsp3) is 0.467. The Morgan fingerprint density at radius 1 is 0.822 bits per heavy atom. The summed E-state index contributed by atoms with van der Waals surface area (Å²) in [6, 6.07) is 2.88. The maximum Gasteiger partial charge on any atom is 0.303 e. The maximum atomic E-state index is 13.1. The van der Waals surface area contributed by atoms with Crippen LogP contribution in [0.3, 0.4) is 0 Å². The number of amides is 6. The van der Waals surface area contributed by atoms with Crippen LogP contribution in [0.15, 0.2) is 36.4 Å². The molecule has 1 aliphatic heterocycles. The van der Waals surface area contributed by atoms with Crippen molar-refractivity contribution >= 4 is 53.1 Å². The summed E-state index contributed by atoms with van der Waals surface area (Å²) in [6.45, 7) is 6.19. The van der Waals surface area contributed by atoms with Gasteiger partial charge in [0.05, 0.1) is 0 Å². The molecule has 0 aromatic heterocycles. The number of esters is 1. The van der Waals surface area contributed by atoms with E-state index in [4.69, 9.17) is 9.84 Å². The van der Waals surface area contributed by atoms with Gasteiger partial charge in [0.25, 0.3) is 11.8 Å². The smallest absolute Gasteiger partial charge is 0.303 e. The van der Waals surface area contributed by atoms with Crippen LogP contribution in [0.5, 0.6) is 0 Å². The normalized spacial score (nSPS) is 14.4. The van der Waals surface area contributed by atoms with E-state index >= 15 is 0 Å². The van der Waals surface area contributed by atoms with Crippen LogP contribution in [-0.2, 0) is 49.7 Å². The Balaban J connectivity index is 2.00. The molecule has 0 radical (unpaired) electrons. The molecule has 15 nitrogen and oxygen atoms in total. The Bertz CT molecular complexity index is 1310. The molecule has 45 heavy (non-hydrogen) atoms. The van der Waals surface area contributed by atoms with Crippen molar-refractivity contribution in [2.75, 3.05) is 11.9 Å². The lowest BCUT2D eigenvalue weighted by atomic mass is 10.0. The van der Waals surface area contributed by atoms with Gasteiger partial charge in [-0.15, -0.1) is 0 Å². The number of carboxylic acids is 1. The second-order valence-electron chi connectivity index (χ2n) is 10.9. The van der Waals surface area contributed by atoms with Gasteiger partial charge in [-0.2, -0.15) is 0 Å². The Labute approximate surface area is 260 Å². The molecule has 0 saturated carbocycles. The highest BCUT2D eigenvalue weighted by molar-refractivity contribution is 6.13. The molecular formula is C30H39N5O10. The summed E-state index contributed by atoms with van der Waals surface area (Å²) >= 11 is 0. The van der Waals surface area contributed by atoms with Crippen LogP contribution >= 0.6 is 0 Å². The van der Waals surface area contributed by atoms with Gasteiger partial charge in [0, 0.05) is 44.1 Å². The number of aliphatic carboxylic acids is 1. The topological polar surface area (TPSA) is 217 Å². The van der Waals surface area contributed by atoms with E-state index in [-0.39, 0.29) is 38.3 Å². The summed E-state index contributed by atoms with van der Waals surface area (Å²) < 4.78 is 4.92. The number of imide groups is 1. The molecule has 244 valence electrons. The SMILES string of the molecule is CC(=O)OCc1ccc(NC(=O)[C@H](CCC(=O)O)NC(=O)[C@H](C)NC(=O)[C@@H](CC(C)C)NC(=O)CCN2C(=O)C=CC2=O)cc1. The largest absolute Gasteiger partial charge is 0.481 e. The van der Waals surface area contributed by atoms with Gasteiger partial charge < -0.3 is 31.1 Å². The van der Waals surface area contributed by atoms with E-state index in [0.29, 0.717) is 11.3 Å². The zero-order valence-corrected chi connectivity index (χ0v) is 25.6. The molecule has 6 amide bonds. The fourth-order valence-corrected chi connectivity index (χ4v) is 4.15. The Morgan fingerprint density at radius 2 is 1.44 bits per heavy atom. The first-order chi connectivity index (χ1) is 21.2. The standard InChI is InChI=1S/C30H39N5O10/c1-17(2)15-23(33-24(37)13-14-35-25(38)10-11-26(35)39)30(44)31-18(3)28(42)34-22(9-12-27(40)41)29(43)32-21-7-5-20(6-8-21)16-45-19(4)36/h5-8,10-11,17-18,22-23H,9,12-16H2,1-4H3,(H,31,44)(H,32,43)(H,33,37)(H,34,42)(H,40,41)/t18-,22-,23+/m0/s1. The molecular weight excluding hydrogens is 590 g/mol. The first-order valence-corrected chi connectivity index (χ1v) is 14.3. The monoisotopic (exact) mass is 629 g/mol. The Kier molecular flexibility index (Phi) is 13.9. The van der Waals surface area contributed by atoms with Crippen LogP contribution in [0.2, 0.25) is 0 Å². The lowest BCUT2D eigenvalue weighted by molar-refractivity contribution is -0.142. The third kappa shape index (κ3) is 12.6. The van der Waals surface area contributed by atoms with E-state index in [1.54, 1.807) is 24.3 Å². The second kappa shape index (κ2) is 17.3. The molecule has 1 aromatic rings. The summed E-state index contributed by atoms with van der Waals surface area (Å²) in [7, 11) is 0. The van der Waals surface area contributed by atoms with Crippen LogP contribution < -0.4 is 21.3 Å². The van der Waals surface area contributed by atoms with E-state index in [0.717, 1.165) is 17.1 Å². The minimum absolute atomic E-state index is 0.0315. The van der Waals surface area contributed by atoms with Gasteiger partial charge in [0.15, 0.2) is 0 Å². The molecule has 0 saturated heterocycles. The van der Waals surface area contributed by atoms with Crippen molar-refractivity contribution in [2.45, 2.75) is 78.1 Å². The number of carbonyl (C=O) groups is 8. The third-order valence-electron chi connectivity index (χ3n) is 6.52. The lowest BCUT2D eigenvalue weighted by Gasteiger charge is -2.24. The van der Waals surface area contributed by atoms with Gasteiger partial charge in [-0.05, 0) is 43.4 Å². The quantitative estimate of drug-likeness (QED) is 0.118. The molecule has 15 heteroatoms. The second-order valence-corrected chi connectivity index (χ2v) is 10.9. The molecule has 1 aromatic carbocycles. The zero-order valence-electron chi connectivity index (χ0n) is 25.6. The van der Waals surface area contributed by atoms with Crippen molar-refractivity contribution in [3.8, 4) is 0 Å². The van der Waals surface area contributed by atoms with Crippen molar-refractivity contribution in [1.29, 1.82) is 0 Å². The predicted octanol–water partition coefficient (Wildman–Crippen LogP) is 0.389. The number of anilines is 1. The molecule has 0 spiro atoms. The predicted molar refractivity (Wildman–Crippen MR) is 159 cm³/mol. The van der Waals surface area contributed by atoms with Crippen LogP contribution in [0.25, 0.3) is 0 Å². The number of nitrogens with zero attached hydrogens (tertiary/aromatic N) is 1. The zero-order chi connectivity index (χ0) is 33.7. The molecule has 0 bridgehead atoms. The van der Waals surface area contributed by atoms with Crippen molar-refractivity contribution in [3.63, 3.8) is 0 Å². The molecule has 0 aliphatic carbocycles. The summed E-state index contributed by atoms with van der Waals surface area (Å²) in [5.74, 6) is -5.43. The van der Waals surface area contributed by atoms with E-state index in [1.807, 2.05) is 13.8 Å². The average molecular weight is 630 g/mol. The van der Waals surface area contributed by atoms with Gasteiger partial charge in [0.1, 0.15) is 24.7 Å². The minimum Gasteiger partial charge on any atom is -0.481 e. The van der Waals surface area contributed by atoms with E-state index in [9.17, 15) is 38.4 Å². The van der Waals surface area contributed by atoms with E-state index in [1.165, 1.54) is 13.8 Å². The molecule has 0 unspecified atom stereocenters. The number of hydrogen-bond acceptors (Lipinski definition) is 9. The van der Waals surface area contributed by atoms with Crippen LogP contribution in [0, 0.1) is 5.92 Å². The molecule has 1 aliphatic rings. The summed E-state index contributed by atoms with van der Waals surface area (Å²) in [6.07, 6.45) is 1.54. The number of benzene rings is 1. The van der Waals surface area contributed by atoms with Gasteiger partial charge in [0.2, 0.25) is 23.6 Å².